The van der Waals surface area contributed by atoms with E-state index in [9.17, 15) is 22.5 Å². The van der Waals surface area contributed by atoms with Gasteiger partial charge in [0.1, 0.15) is 17.3 Å². The Bertz CT molecular complexity index is 944. The quantitative estimate of drug-likeness (QED) is 0.559. The van der Waals surface area contributed by atoms with Gasteiger partial charge in [0.15, 0.2) is 5.25 Å². The molecule has 7 nitrogen and oxygen atoms in total. The summed E-state index contributed by atoms with van der Waals surface area (Å²) in [4.78, 5) is 21.7. The average molecular weight is 508 g/mol. The minimum absolute atomic E-state index is 0.101. The second-order valence-corrected chi connectivity index (χ2v) is 9.07. The molecule has 1 heterocycles. The fourth-order valence-electron chi connectivity index (χ4n) is 2.89. The lowest BCUT2D eigenvalue weighted by atomic mass is 10.1. The summed E-state index contributed by atoms with van der Waals surface area (Å²) in [5.41, 5.74) is 0.967. The van der Waals surface area contributed by atoms with Crippen molar-refractivity contribution in [1.29, 1.82) is 0 Å². The van der Waals surface area contributed by atoms with Gasteiger partial charge >= 0.3 is 18.1 Å². The van der Waals surface area contributed by atoms with E-state index in [2.05, 4.69) is 4.90 Å². The second-order valence-electron chi connectivity index (χ2n) is 6.92. The first kappa shape index (κ1) is 26.8. The number of carbonyl (C=O) groups is 2. The molecular weight excluding hydrogens is 487 g/mol. The average Bonchev–Trinajstić information content (AvgIpc) is 2.75. The molecule has 2 N–H and O–H groups in total. The number of hydrogen-bond donors (Lipinski definition) is 2. The normalized spacial score (nSPS) is 18.7. The van der Waals surface area contributed by atoms with E-state index in [1.165, 1.54) is 0 Å². The fraction of sp³-hybridized carbons (Fsp3) is 0.333. The van der Waals surface area contributed by atoms with E-state index in [4.69, 9.17) is 31.3 Å². The molecule has 180 valence electrons. The molecule has 0 aliphatic carbocycles. The first-order valence-corrected chi connectivity index (χ1v) is 11.4. The van der Waals surface area contributed by atoms with Gasteiger partial charge in [-0.15, -0.1) is 0 Å². The maximum Gasteiger partial charge on any atom is 0.490 e. The Hall–Kier alpha value is -2.47. The highest BCUT2D eigenvalue weighted by atomic mass is 35.5. The number of carboxylic acid groups (broad SMARTS) is 2. The summed E-state index contributed by atoms with van der Waals surface area (Å²) < 4.78 is 49.9. The van der Waals surface area contributed by atoms with Crippen LogP contribution < -0.4 is 4.74 Å². The molecule has 33 heavy (non-hydrogen) atoms. The van der Waals surface area contributed by atoms with Crippen LogP contribution in [0.4, 0.5) is 13.2 Å². The van der Waals surface area contributed by atoms with Gasteiger partial charge in [-0.3, -0.25) is 9.69 Å². The van der Waals surface area contributed by atoms with E-state index in [0.717, 1.165) is 5.56 Å². The number of carboxylic acids is 2. The number of aliphatic carboxylic acids is 2. The highest BCUT2D eigenvalue weighted by Gasteiger charge is 2.38. The predicted octanol–water partition coefficient (Wildman–Crippen LogP) is 4.35. The van der Waals surface area contributed by atoms with Gasteiger partial charge < -0.3 is 19.5 Å². The van der Waals surface area contributed by atoms with Crippen molar-refractivity contribution in [3.05, 3.63) is 59.1 Å². The molecule has 0 bridgehead atoms. The van der Waals surface area contributed by atoms with Crippen molar-refractivity contribution in [1.82, 2.24) is 4.90 Å². The molecule has 0 aromatic heterocycles. The Morgan fingerprint density at radius 2 is 1.76 bits per heavy atom. The van der Waals surface area contributed by atoms with Crippen LogP contribution in [0.3, 0.4) is 0 Å². The van der Waals surface area contributed by atoms with Crippen molar-refractivity contribution in [3.63, 3.8) is 0 Å². The number of ether oxygens (including phenoxy) is 1. The van der Waals surface area contributed by atoms with Gasteiger partial charge in [0, 0.05) is 18.7 Å². The molecular formula is C21H21ClF3NO6S. The number of rotatable bonds is 6. The molecule has 2 atom stereocenters. The molecule has 1 aliphatic heterocycles. The van der Waals surface area contributed by atoms with Crippen LogP contribution in [0.15, 0.2) is 48.5 Å². The third-order valence-electron chi connectivity index (χ3n) is 4.55. The smallest absolute Gasteiger partial charge is 0.490 e. The van der Waals surface area contributed by atoms with Crippen molar-refractivity contribution in [3.8, 4) is 11.5 Å². The Labute approximate surface area is 195 Å². The standard InChI is InChI=1S/C19H20ClNO4S.C2HF3O2/c20-16-3-1-2-4-17(16)25-15-7-5-14(6-8-15)18-13-21(10-9-19(22)23)11-12-26(18)24;3-2(4,5)1(6)7/h1-8,18H,9-13H2,(H,22,23);(H,6,7). The molecule has 0 amide bonds. The zero-order valence-corrected chi connectivity index (χ0v) is 18.7. The lowest BCUT2D eigenvalue weighted by Gasteiger charge is -2.34. The summed E-state index contributed by atoms with van der Waals surface area (Å²) >= 11 is 5.14. The molecule has 2 aromatic rings. The second kappa shape index (κ2) is 12.1. The van der Waals surface area contributed by atoms with Gasteiger partial charge in [-0.25, -0.2) is 4.79 Å². The number of benzene rings is 2. The van der Waals surface area contributed by atoms with Crippen molar-refractivity contribution < 1.29 is 42.3 Å². The van der Waals surface area contributed by atoms with Gasteiger partial charge in [0.25, 0.3) is 0 Å². The lowest BCUT2D eigenvalue weighted by Crippen LogP contribution is -2.43. The Morgan fingerprint density at radius 1 is 1.15 bits per heavy atom. The van der Waals surface area contributed by atoms with Crippen molar-refractivity contribution in [2.24, 2.45) is 0 Å². The molecule has 1 saturated heterocycles. The topological polar surface area (TPSA) is 110 Å². The van der Waals surface area contributed by atoms with Crippen molar-refractivity contribution in [2.75, 3.05) is 25.4 Å². The van der Waals surface area contributed by atoms with Gasteiger partial charge in [0.05, 0.1) is 18.0 Å². The molecule has 1 fully saturated rings. The number of para-hydroxylation sites is 1. The molecule has 0 radical (unpaired) electrons. The van der Waals surface area contributed by atoms with Crippen LogP contribution in [-0.2, 0) is 20.8 Å². The molecule has 1 aliphatic rings. The maximum atomic E-state index is 12.4. The zero-order valence-electron chi connectivity index (χ0n) is 17.1. The summed E-state index contributed by atoms with van der Waals surface area (Å²) in [6.07, 6.45) is -4.98. The van der Waals surface area contributed by atoms with Gasteiger partial charge in [0.2, 0.25) is 0 Å². The number of halogens is 4. The SMILES string of the molecule is O=C(O)C(F)(F)F.O=C(O)CCN1CC[S+]([O-])C(c2ccc(Oc3ccccc3Cl)cc2)C1. The van der Waals surface area contributed by atoms with Crippen LogP contribution >= 0.6 is 11.6 Å². The number of hydrogen-bond acceptors (Lipinski definition) is 5. The van der Waals surface area contributed by atoms with Crippen LogP contribution in [0.25, 0.3) is 0 Å². The molecule has 0 spiro atoms. The fourth-order valence-corrected chi connectivity index (χ4v) is 4.62. The highest BCUT2D eigenvalue weighted by Crippen LogP contribution is 2.32. The van der Waals surface area contributed by atoms with Gasteiger partial charge in [-0.05, 0) is 35.4 Å². The molecule has 12 heteroatoms. The third kappa shape index (κ3) is 8.77. The van der Waals surface area contributed by atoms with Crippen molar-refractivity contribution >= 4 is 34.7 Å². The van der Waals surface area contributed by atoms with Gasteiger partial charge in [-0.2, -0.15) is 13.2 Å². The summed E-state index contributed by atoms with van der Waals surface area (Å²) in [7, 11) is 0. The maximum absolute atomic E-state index is 12.4. The lowest BCUT2D eigenvalue weighted by molar-refractivity contribution is -0.192. The number of nitrogens with zero attached hydrogens (tertiary/aromatic N) is 1. The van der Waals surface area contributed by atoms with E-state index in [1.54, 1.807) is 12.1 Å². The van der Waals surface area contributed by atoms with Crippen LogP contribution in [-0.4, -0.2) is 63.2 Å². The third-order valence-corrected chi connectivity index (χ3v) is 6.50. The first-order valence-electron chi connectivity index (χ1n) is 9.61. The summed E-state index contributed by atoms with van der Waals surface area (Å²) in [5, 5.41) is 16.4. The summed E-state index contributed by atoms with van der Waals surface area (Å²) in [6.45, 7) is 1.76. The van der Waals surface area contributed by atoms with Gasteiger partial charge in [-0.1, -0.05) is 35.9 Å². The van der Waals surface area contributed by atoms with E-state index in [0.29, 0.717) is 41.9 Å². The van der Waals surface area contributed by atoms with Crippen LogP contribution in [0, 0.1) is 0 Å². The Kier molecular flexibility index (Phi) is 9.84. The molecule has 2 aromatic carbocycles. The van der Waals surface area contributed by atoms with E-state index in [1.807, 2.05) is 36.4 Å². The predicted molar refractivity (Wildman–Crippen MR) is 116 cm³/mol. The molecule has 2 unspecified atom stereocenters. The summed E-state index contributed by atoms with van der Waals surface area (Å²) in [5.74, 6) is -1.77. The minimum atomic E-state index is -5.08. The zero-order chi connectivity index (χ0) is 24.6. The molecule has 0 saturated carbocycles. The first-order chi connectivity index (χ1) is 15.5. The largest absolute Gasteiger partial charge is 0.616 e. The summed E-state index contributed by atoms with van der Waals surface area (Å²) in [6, 6.07) is 14.8. The molecule has 3 rings (SSSR count). The van der Waals surface area contributed by atoms with E-state index < -0.39 is 29.3 Å². The van der Waals surface area contributed by atoms with Crippen LogP contribution in [0.2, 0.25) is 5.02 Å². The van der Waals surface area contributed by atoms with Crippen LogP contribution in [0.5, 0.6) is 11.5 Å². The highest BCUT2D eigenvalue weighted by molar-refractivity contribution is 7.91. The minimum Gasteiger partial charge on any atom is -0.616 e. The Balaban J connectivity index is 0.000000479. The van der Waals surface area contributed by atoms with Crippen LogP contribution in [0.1, 0.15) is 17.2 Å². The monoisotopic (exact) mass is 507 g/mol. The van der Waals surface area contributed by atoms with E-state index >= 15 is 0 Å². The Morgan fingerprint density at radius 3 is 2.30 bits per heavy atom. The van der Waals surface area contributed by atoms with E-state index in [-0.39, 0.29) is 11.7 Å². The van der Waals surface area contributed by atoms with Crippen molar-refractivity contribution in [2.45, 2.75) is 17.8 Å². The number of alkyl halides is 3.